The Kier molecular flexibility index (Phi) is 6.33. The molecule has 0 aromatic heterocycles. The van der Waals surface area contributed by atoms with Gasteiger partial charge < -0.3 is 20.5 Å². The molecule has 1 aliphatic carbocycles. The molecule has 0 bridgehead atoms. The van der Waals surface area contributed by atoms with Crippen molar-refractivity contribution in [3.63, 3.8) is 0 Å². The van der Waals surface area contributed by atoms with E-state index in [1.165, 1.54) is 0 Å². The Labute approximate surface area is 151 Å². The van der Waals surface area contributed by atoms with Crippen LogP contribution in [0.5, 0.6) is 5.75 Å². The lowest BCUT2D eigenvalue weighted by Crippen LogP contribution is -2.50. The molecule has 140 valence electrons. The molecule has 1 aliphatic rings. The van der Waals surface area contributed by atoms with Gasteiger partial charge in [0.1, 0.15) is 5.75 Å². The van der Waals surface area contributed by atoms with Gasteiger partial charge in [-0.15, -0.1) is 0 Å². The number of methoxy groups -OCH3 is 1. The molecular weight excluding hydrogens is 316 g/mol. The molecule has 5 nitrogen and oxygen atoms in total. The number of carbonyl (C=O) groups excluding carboxylic acids is 1. The van der Waals surface area contributed by atoms with E-state index in [0.717, 1.165) is 37.0 Å². The maximum absolute atomic E-state index is 12.5. The number of hydrogen-bond acceptors (Lipinski definition) is 3. The molecule has 5 heteroatoms. The van der Waals surface area contributed by atoms with Crippen molar-refractivity contribution in [3.8, 4) is 5.75 Å². The first-order chi connectivity index (χ1) is 11.8. The minimum atomic E-state index is -0.375. The van der Waals surface area contributed by atoms with Crippen molar-refractivity contribution in [2.24, 2.45) is 5.41 Å². The molecule has 0 heterocycles. The fourth-order valence-corrected chi connectivity index (χ4v) is 3.83. The zero-order valence-electron chi connectivity index (χ0n) is 15.9. The summed E-state index contributed by atoms with van der Waals surface area (Å²) in [6.45, 7) is 6.41. The van der Waals surface area contributed by atoms with Gasteiger partial charge in [-0.25, -0.2) is 4.79 Å². The van der Waals surface area contributed by atoms with Crippen LogP contribution in [-0.4, -0.2) is 30.9 Å². The van der Waals surface area contributed by atoms with E-state index >= 15 is 0 Å². The molecule has 1 fully saturated rings. The molecule has 1 aromatic rings. The topological polar surface area (TPSA) is 70.6 Å². The van der Waals surface area contributed by atoms with Crippen LogP contribution in [0.4, 0.5) is 4.79 Å². The van der Waals surface area contributed by atoms with Crippen LogP contribution in [0.15, 0.2) is 24.3 Å². The highest BCUT2D eigenvalue weighted by molar-refractivity contribution is 5.75. The summed E-state index contributed by atoms with van der Waals surface area (Å²) in [6, 6.07) is 7.84. The molecule has 0 spiro atoms. The van der Waals surface area contributed by atoms with Gasteiger partial charge in [-0.1, -0.05) is 38.8 Å². The number of aliphatic hydroxyl groups excluding tert-OH is 1. The van der Waals surface area contributed by atoms with Gasteiger partial charge in [0.05, 0.1) is 18.8 Å². The highest BCUT2D eigenvalue weighted by atomic mass is 16.5. The van der Waals surface area contributed by atoms with Crippen LogP contribution in [0.1, 0.15) is 58.4 Å². The summed E-state index contributed by atoms with van der Waals surface area (Å²) in [5, 5.41) is 15.8. The van der Waals surface area contributed by atoms with Crippen LogP contribution in [-0.2, 0) is 5.54 Å². The van der Waals surface area contributed by atoms with Gasteiger partial charge in [0, 0.05) is 6.54 Å². The Bertz CT molecular complexity index is 561. The molecule has 2 rings (SSSR count). The Morgan fingerprint density at radius 2 is 1.88 bits per heavy atom. The molecule has 0 radical (unpaired) electrons. The fraction of sp³-hybridized carbons (Fsp3) is 0.650. The van der Waals surface area contributed by atoms with Crippen LogP contribution >= 0.6 is 0 Å². The second kappa shape index (κ2) is 8.09. The van der Waals surface area contributed by atoms with E-state index in [9.17, 15) is 9.90 Å². The number of urea groups is 1. The van der Waals surface area contributed by atoms with Gasteiger partial charge in [0.2, 0.25) is 0 Å². The molecule has 1 saturated carbocycles. The number of aliphatic hydroxyl groups is 1. The van der Waals surface area contributed by atoms with Crippen molar-refractivity contribution < 1.29 is 14.6 Å². The van der Waals surface area contributed by atoms with Crippen LogP contribution in [0.25, 0.3) is 0 Å². The van der Waals surface area contributed by atoms with E-state index in [4.69, 9.17) is 4.74 Å². The molecule has 0 saturated heterocycles. The minimum Gasteiger partial charge on any atom is -0.497 e. The first-order valence-electron chi connectivity index (χ1n) is 9.15. The lowest BCUT2D eigenvalue weighted by molar-refractivity contribution is 0.128. The lowest BCUT2D eigenvalue weighted by Gasteiger charge is -2.32. The van der Waals surface area contributed by atoms with E-state index in [1.54, 1.807) is 14.0 Å². The van der Waals surface area contributed by atoms with Crippen molar-refractivity contribution in [1.29, 1.82) is 0 Å². The molecule has 2 amide bonds. The third-order valence-electron chi connectivity index (χ3n) is 5.03. The monoisotopic (exact) mass is 348 g/mol. The predicted octanol–water partition coefficient (Wildman–Crippen LogP) is 3.56. The third kappa shape index (κ3) is 5.36. The second-order valence-electron chi connectivity index (χ2n) is 8.04. The number of benzene rings is 1. The zero-order chi connectivity index (χ0) is 18.5. The summed E-state index contributed by atoms with van der Waals surface area (Å²) >= 11 is 0. The second-order valence-corrected chi connectivity index (χ2v) is 8.04. The molecule has 1 unspecified atom stereocenters. The van der Waals surface area contributed by atoms with Gasteiger partial charge in [-0.2, -0.15) is 0 Å². The van der Waals surface area contributed by atoms with E-state index in [-0.39, 0.29) is 23.1 Å². The Balaban J connectivity index is 2.02. The predicted molar refractivity (Wildman–Crippen MR) is 99.8 cm³/mol. The van der Waals surface area contributed by atoms with Gasteiger partial charge in [0.25, 0.3) is 0 Å². The molecule has 3 N–H and O–H groups in total. The van der Waals surface area contributed by atoms with Gasteiger partial charge in [-0.05, 0) is 49.3 Å². The molecule has 25 heavy (non-hydrogen) atoms. The SMILES string of the molecule is COc1ccc(C2(NC(=O)NCC(C)(C)CC(C)O)CCCC2)cc1. The standard InChI is InChI=1S/C20H32N2O3/c1-15(23)13-19(2,3)14-21-18(24)22-20(11-5-6-12-20)16-7-9-17(25-4)10-8-16/h7-10,15,23H,5-6,11-14H2,1-4H3,(H2,21,22,24). The van der Waals surface area contributed by atoms with E-state index < -0.39 is 0 Å². The van der Waals surface area contributed by atoms with Crippen molar-refractivity contribution in [3.05, 3.63) is 29.8 Å². The Morgan fingerprint density at radius 3 is 2.40 bits per heavy atom. The van der Waals surface area contributed by atoms with E-state index in [0.29, 0.717) is 13.0 Å². The van der Waals surface area contributed by atoms with E-state index in [2.05, 4.69) is 24.5 Å². The maximum atomic E-state index is 12.5. The van der Waals surface area contributed by atoms with Gasteiger partial charge in [0.15, 0.2) is 0 Å². The maximum Gasteiger partial charge on any atom is 0.315 e. The molecular formula is C20H32N2O3. The van der Waals surface area contributed by atoms with Crippen molar-refractivity contribution in [1.82, 2.24) is 10.6 Å². The Hall–Kier alpha value is -1.75. The Morgan fingerprint density at radius 1 is 1.28 bits per heavy atom. The third-order valence-corrected chi connectivity index (χ3v) is 5.03. The lowest BCUT2D eigenvalue weighted by atomic mass is 9.86. The minimum absolute atomic E-state index is 0.142. The first-order valence-corrected chi connectivity index (χ1v) is 9.15. The number of hydrogen-bond donors (Lipinski definition) is 3. The van der Waals surface area contributed by atoms with E-state index in [1.807, 2.05) is 24.3 Å². The summed E-state index contributed by atoms with van der Waals surface area (Å²) in [7, 11) is 1.65. The largest absolute Gasteiger partial charge is 0.497 e. The van der Waals surface area contributed by atoms with Gasteiger partial charge in [-0.3, -0.25) is 0 Å². The molecule has 1 atom stereocenters. The van der Waals surface area contributed by atoms with Crippen LogP contribution in [0.2, 0.25) is 0 Å². The average Bonchev–Trinajstić information content (AvgIpc) is 3.02. The molecule has 0 aliphatic heterocycles. The summed E-state index contributed by atoms with van der Waals surface area (Å²) < 4.78 is 5.23. The number of carbonyl (C=O) groups is 1. The van der Waals surface area contributed by atoms with Crippen LogP contribution in [0, 0.1) is 5.41 Å². The summed E-state index contributed by atoms with van der Waals surface area (Å²) in [5.41, 5.74) is 0.684. The van der Waals surface area contributed by atoms with Gasteiger partial charge >= 0.3 is 6.03 Å². The number of nitrogens with one attached hydrogen (secondary N) is 2. The normalized spacial score (nSPS) is 17.8. The van der Waals surface area contributed by atoms with Crippen LogP contribution in [0.3, 0.4) is 0 Å². The summed E-state index contributed by atoms with van der Waals surface area (Å²) in [6.07, 6.45) is 4.39. The zero-order valence-corrected chi connectivity index (χ0v) is 15.9. The summed E-state index contributed by atoms with van der Waals surface area (Å²) in [4.78, 5) is 12.5. The van der Waals surface area contributed by atoms with Crippen LogP contribution < -0.4 is 15.4 Å². The number of amides is 2. The number of rotatable bonds is 7. The average molecular weight is 348 g/mol. The highest BCUT2D eigenvalue weighted by Gasteiger charge is 2.37. The van der Waals surface area contributed by atoms with Crippen molar-refractivity contribution in [2.45, 2.75) is 64.5 Å². The van der Waals surface area contributed by atoms with Crippen molar-refractivity contribution >= 4 is 6.03 Å². The first kappa shape index (κ1) is 19.6. The smallest absolute Gasteiger partial charge is 0.315 e. The highest BCUT2D eigenvalue weighted by Crippen LogP contribution is 2.39. The summed E-state index contributed by atoms with van der Waals surface area (Å²) in [5.74, 6) is 0.821. The quantitative estimate of drug-likeness (QED) is 0.705. The number of ether oxygens (including phenoxy) is 1. The van der Waals surface area contributed by atoms with Crippen molar-refractivity contribution in [2.75, 3.05) is 13.7 Å². The fourth-order valence-electron chi connectivity index (χ4n) is 3.83. The molecule has 1 aromatic carbocycles.